The molecular weight excluding hydrogens is 511 g/mol. The van der Waals surface area contributed by atoms with E-state index >= 15 is 0 Å². The summed E-state index contributed by atoms with van der Waals surface area (Å²) in [7, 11) is -4.23. The molecule has 1 amide bonds. The van der Waals surface area contributed by atoms with Crippen LogP contribution in [0.4, 0.5) is 30.2 Å². The van der Waals surface area contributed by atoms with Crippen molar-refractivity contribution in [1.82, 2.24) is 0 Å². The number of rotatable bonds is 7. The molecule has 0 aliphatic rings. The molecule has 35 heavy (non-hydrogen) atoms. The minimum absolute atomic E-state index is 0.133. The lowest BCUT2D eigenvalue weighted by Gasteiger charge is -2.13. The zero-order valence-electron chi connectivity index (χ0n) is 17.4. The van der Waals surface area contributed by atoms with E-state index in [0.717, 1.165) is 30.3 Å². The van der Waals surface area contributed by atoms with Crippen molar-refractivity contribution in [2.75, 3.05) is 10.0 Å². The molecule has 3 aromatic rings. The monoisotopic (exact) mass is 525 g/mol. The Hall–Kier alpha value is -3.90. The number of amides is 1. The van der Waals surface area contributed by atoms with Gasteiger partial charge in [0.15, 0.2) is 0 Å². The SMILES string of the molecule is O=C(/C=C/c1cccc([N+](=O)[O-])c1)Nc1ccc(S(=O)(=O)Nc2ccc(Cl)c(C(F)(F)F)c2)cc1. The fourth-order valence-electron chi connectivity index (χ4n) is 2.84. The second kappa shape index (κ2) is 10.2. The fourth-order valence-corrected chi connectivity index (χ4v) is 4.11. The van der Waals surface area contributed by atoms with Crippen LogP contribution in [-0.2, 0) is 21.0 Å². The molecule has 0 saturated heterocycles. The number of nitrogens with one attached hydrogen (secondary N) is 2. The first-order valence-corrected chi connectivity index (χ1v) is 11.4. The number of nitrogens with zero attached hydrogens (tertiary/aromatic N) is 1. The van der Waals surface area contributed by atoms with Crippen molar-refractivity contribution in [2.24, 2.45) is 0 Å². The van der Waals surface area contributed by atoms with Gasteiger partial charge in [-0.2, -0.15) is 13.2 Å². The first kappa shape index (κ1) is 25.7. The highest BCUT2D eigenvalue weighted by molar-refractivity contribution is 7.92. The molecule has 0 heterocycles. The molecule has 3 rings (SSSR count). The molecule has 0 atom stereocenters. The van der Waals surface area contributed by atoms with Crippen LogP contribution in [-0.4, -0.2) is 19.2 Å². The summed E-state index contributed by atoms with van der Waals surface area (Å²) >= 11 is 5.54. The molecule has 0 aliphatic carbocycles. The third kappa shape index (κ3) is 6.80. The van der Waals surface area contributed by atoms with Crippen LogP contribution in [0.3, 0.4) is 0 Å². The summed E-state index contributed by atoms with van der Waals surface area (Å²) in [6.07, 6.45) is -2.25. The highest BCUT2D eigenvalue weighted by Crippen LogP contribution is 2.36. The van der Waals surface area contributed by atoms with E-state index in [2.05, 4.69) is 10.0 Å². The van der Waals surface area contributed by atoms with Crippen molar-refractivity contribution in [2.45, 2.75) is 11.1 Å². The second-order valence-corrected chi connectivity index (χ2v) is 9.09. The lowest BCUT2D eigenvalue weighted by atomic mass is 10.2. The smallest absolute Gasteiger partial charge is 0.323 e. The number of alkyl halides is 3. The third-order valence-electron chi connectivity index (χ3n) is 4.46. The Morgan fingerprint density at radius 3 is 2.29 bits per heavy atom. The molecule has 0 fully saturated rings. The minimum Gasteiger partial charge on any atom is -0.323 e. The number of nitro benzene ring substituents is 1. The van der Waals surface area contributed by atoms with Gasteiger partial charge in [-0.15, -0.1) is 0 Å². The van der Waals surface area contributed by atoms with E-state index in [0.29, 0.717) is 11.6 Å². The van der Waals surface area contributed by atoms with Crippen molar-refractivity contribution < 1.29 is 31.3 Å². The summed E-state index contributed by atoms with van der Waals surface area (Å²) < 4.78 is 66.2. The van der Waals surface area contributed by atoms with Crippen molar-refractivity contribution in [3.8, 4) is 0 Å². The topological polar surface area (TPSA) is 118 Å². The second-order valence-electron chi connectivity index (χ2n) is 7.00. The van der Waals surface area contributed by atoms with Gasteiger partial charge in [0.1, 0.15) is 0 Å². The predicted octanol–water partition coefficient (Wildman–Crippen LogP) is 5.72. The van der Waals surface area contributed by atoms with Gasteiger partial charge in [-0.3, -0.25) is 19.6 Å². The molecule has 182 valence electrons. The Morgan fingerprint density at radius 2 is 1.66 bits per heavy atom. The summed E-state index contributed by atoms with van der Waals surface area (Å²) in [6.45, 7) is 0. The normalized spacial score (nSPS) is 11.9. The van der Waals surface area contributed by atoms with Gasteiger partial charge < -0.3 is 5.32 Å². The zero-order valence-corrected chi connectivity index (χ0v) is 19.0. The molecule has 13 heteroatoms. The van der Waals surface area contributed by atoms with Crippen LogP contribution in [0.25, 0.3) is 6.08 Å². The van der Waals surface area contributed by atoms with Gasteiger partial charge in [0.25, 0.3) is 15.7 Å². The molecule has 0 aromatic heterocycles. The number of non-ortho nitro benzene ring substituents is 1. The maximum atomic E-state index is 13.0. The van der Waals surface area contributed by atoms with E-state index < -0.39 is 37.6 Å². The number of anilines is 2. The Balaban J connectivity index is 1.69. The molecular formula is C22H15ClF3N3O5S. The first-order chi connectivity index (χ1) is 16.3. The minimum atomic E-state index is -4.76. The van der Waals surface area contributed by atoms with Crippen molar-refractivity contribution in [3.05, 3.63) is 99.1 Å². The third-order valence-corrected chi connectivity index (χ3v) is 6.19. The standard InChI is InChI=1S/C22H15ClF3N3O5S/c23-20-10-7-16(13-19(20)22(24,25)26)28-35(33,34)18-8-5-15(6-9-18)27-21(30)11-4-14-2-1-3-17(12-14)29(31)32/h1-13,28H,(H,27,30)/b11-4+. The summed E-state index contributed by atoms with van der Waals surface area (Å²) in [4.78, 5) is 22.1. The van der Waals surface area contributed by atoms with E-state index in [9.17, 15) is 36.5 Å². The van der Waals surface area contributed by atoms with Gasteiger partial charge in [-0.25, -0.2) is 8.42 Å². The predicted molar refractivity (Wildman–Crippen MR) is 124 cm³/mol. The van der Waals surface area contributed by atoms with Crippen LogP contribution in [0.5, 0.6) is 0 Å². The van der Waals surface area contributed by atoms with E-state index in [-0.39, 0.29) is 22.0 Å². The van der Waals surface area contributed by atoms with Gasteiger partial charge in [0, 0.05) is 29.6 Å². The van der Waals surface area contributed by atoms with Crippen LogP contribution in [0.1, 0.15) is 11.1 Å². The van der Waals surface area contributed by atoms with Gasteiger partial charge in [0.2, 0.25) is 5.91 Å². The summed E-state index contributed by atoms with van der Waals surface area (Å²) in [5.41, 5.74) is -0.978. The summed E-state index contributed by atoms with van der Waals surface area (Å²) in [5.74, 6) is -0.578. The van der Waals surface area contributed by atoms with E-state index in [4.69, 9.17) is 11.6 Å². The maximum absolute atomic E-state index is 13.0. The number of nitro groups is 1. The Morgan fingerprint density at radius 1 is 1.00 bits per heavy atom. The molecule has 0 spiro atoms. The molecule has 0 radical (unpaired) electrons. The average Bonchev–Trinajstić information content (AvgIpc) is 2.78. The van der Waals surface area contributed by atoms with E-state index in [1.54, 1.807) is 6.07 Å². The lowest BCUT2D eigenvalue weighted by molar-refractivity contribution is -0.384. The highest BCUT2D eigenvalue weighted by atomic mass is 35.5. The van der Waals surface area contributed by atoms with Crippen LogP contribution < -0.4 is 10.0 Å². The maximum Gasteiger partial charge on any atom is 0.417 e. The van der Waals surface area contributed by atoms with Crippen LogP contribution in [0, 0.1) is 10.1 Å². The fraction of sp³-hybridized carbons (Fsp3) is 0.0455. The molecule has 0 bridgehead atoms. The number of benzene rings is 3. The number of sulfonamides is 1. The Kier molecular flexibility index (Phi) is 7.46. The lowest BCUT2D eigenvalue weighted by Crippen LogP contribution is -2.14. The number of hydrogen-bond acceptors (Lipinski definition) is 5. The van der Waals surface area contributed by atoms with Gasteiger partial charge >= 0.3 is 6.18 Å². The van der Waals surface area contributed by atoms with Gasteiger partial charge in [0.05, 0.1) is 20.4 Å². The molecule has 0 unspecified atom stereocenters. The van der Waals surface area contributed by atoms with Gasteiger partial charge in [-0.05, 0) is 54.1 Å². The van der Waals surface area contributed by atoms with Crippen molar-refractivity contribution >= 4 is 50.7 Å². The number of carbonyl (C=O) groups is 1. The first-order valence-electron chi connectivity index (χ1n) is 9.58. The highest BCUT2D eigenvalue weighted by Gasteiger charge is 2.33. The van der Waals surface area contributed by atoms with E-state index in [1.807, 2.05) is 0 Å². The van der Waals surface area contributed by atoms with Crippen LogP contribution in [0.2, 0.25) is 5.02 Å². The largest absolute Gasteiger partial charge is 0.417 e. The zero-order chi connectivity index (χ0) is 25.8. The van der Waals surface area contributed by atoms with Crippen molar-refractivity contribution in [1.29, 1.82) is 0 Å². The quantitative estimate of drug-likeness (QED) is 0.232. The molecule has 0 saturated carbocycles. The Labute approximate surface area is 202 Å². The number of halogens is 4. The van der Waals surface area contributed by atoms with Gasteiger partial charge in [-0.1, -0.05) is 23.7 Å². The molecule has 3 aromatic carbocycles. The molecule has 2 N–H and O–H groups in total. The average molecular weight is 526 g/mol. The summed E-state index contributed by atoms with van der Waals surface area (Å²) in [6, 6.07) is 13.1. The van der Waals surface area contributed by atoms with Crippen LogP contribution >= 0.6 is 11.6 Å². The number of carbonyl (C=O) groups excluding carboxylic acids is 1. The Bertz CT molecular complexity index is 1410. The molecule has 8 nitrogen and oxygen atoms in total. The summed E-state index contributed by atoms with van der Waals surface area (Å²) in [5, 5.41) is 12.7. The number of hydrogen-bond donors (Lipinski definition) is 2. The van der Waals surface area contributed by atoms with E-state index in [1.165, 1.54) is 36.4 Å². The molecule has 0 aliphatic heterocycles. The van der Waals surface area contributed by atoms with Crippen molar-refractivity contribution in [3.63, 3.8) is 0 Å². The van der Waals surface area contributed by atoms with Crippen LogP contribution in [0.15, 0.2) is 77.7 Å².